The maximum Gasteiger partial charge on any atom is 0.261 e. The van der Waals surface area contributed by atoms with Crippen molar-refractivity contribution < 1.29 is 19.1 Å². The van der Waals surface area contributed by atoms with Crippen molar-refractivity contribution >= 4 is 5.91 Å². The van der Waals surface area contributed by atoms with Gasteiger partial charge < -0.3 is 19.2 Å². The Morgan fingerprint density at radius 2 is 1.85 bits per heavy atom. The molecule has 0 unspecified atom stereocenters. The van der Waals surface area contributed by atoms with Crippen LogP contribution in [0, 0.1) is 11.3 Å². The molecule has 6 heteroatoms. The first kappa shape index (κ1) is 18.1. The van der Waals surface area contributed by atoms with Crippen LogP contribution in [0.25, 0.3) is 0 Å². The van der Waals surface area contributed by atoms with Crippen LogP contribution in [0.15, 0.2) is 71.3 Å². The molecule has 1 aromatic heterocycles. The Labute approximate surface area is 156 Å². The average molecular weight is 362 g/mol. The first-order valence-corrected chi connectivity index (χ1v) is 8.35. The van der Waals surface area contributed by atoms with E-state index in [0.29, 0.717) is 22.6 Å². The summed E-state index contributed by atoms with van der Waals surface area (Å²) in [5.41, 5.74) is 1.16. The highest BCUT2D eigenvalue weighted by Crippen LogP contribution is 2.20. The zero-order valence-electron chi connectivity index (χ0n) is 14.5. The average Bonchev–Trinajstić information content (AvgIpc) is 3.21. The number of hydrogen-bond donors (Lipinski definition) is 1. The van der Waals surface area contributed by atoms with Gasteiger partial charge in [-0.05, 0) is 42.5 Å². The molecule has 136 valence electrons. The van der Waals surface area contributed by atoms with Gasteiger partial charge in [-0.1, -0.05) is 18.2 Å². The van der Waals surface area contributed by atoms with Gasteiger partial charge in [0, 0.05) is 12.1 Å². The highest BCUT2D eigenvalue weighted by molar-refractivity contribution is 5.77. The van der Waals surface area contributed by atoms with Crippen molar-refractivity contribution in [2.75, 3.05) is 6.61 Å². The van der Waals surface area contributed by atoms with Gasteiger partial charge in [0.05, 0.1) is 24.4 Å². The SMILES string of the molecule is N#Cc1ccc(OCC(=O)N(Cc2ccco2)Cc2ccccc2O)cc1. The van der Waals surface area contributed by atoms with Gasteiger partial charge in [0.25, 0.3) is 5.91 Å². The number of rotatable bonds is 7. The lowest BCUT2D eigenvalue weighted by atomic mass is 10.2. The number of hydrogen-bond acceptors (Lipinski definition) is 5. The number of nitriles is 1. The molecule has 1 N–H and O–H groups in total. The van der Waals surface area contributed by atoms with Crippen LogP contribution in [0.2, 0.25) is 0 Å². The summed E-state index contributed by atoms with van der Waals surface area (Å²) in [6.07, 6.45) is 1.55. The summed E-state index contributed by atoms with van der Waals surface area (Å²) in [5, 5.41) is 18.8. The van der Waals surface area contributed by atoms with E-state index < -0.39 is 0 Å². The fourth-order valence-corrected chi connectivity index (χ4v) is 2.54. The number of amides is 1. The molecular formula is C21H18N2O4. The Morgan fingerprint density at radius 3 is 2.52 bits per heavy atom. The largest absolute Gasteiger partial charge is 0.508 e. The minimum atomic E-state index is -0.251. The maximum absolute atomic E-state index is 12.7. The van der Waals surface area contributed by atoms with Gasteiger partial charge >= 0.3 is 0 Å². The number of aromatic hydroxyl groups is 1. The highest BCUT2D eigenvalue weighted by atomic mass is 16.5. The Morgan fingerprint density at radius 1 is 1.07 bits per heavy atom. The van der Waals surface area contributed by atoms with E-state index in [-0.39, 0.29) is 31.4 Å². The summed E-state index contributed by atoms with van der Waals surface area (Å²) in [7, 11) is 0. The molecule has 0 fully saturated rings. The number of phenolic OH excluding ortho intramolecular Hbond substituents is 1. The quantitative estimate of drug-likeness (QED) is 0.695. The zero-order valence-corrected chi connectivity index (χ0v) is 14.5. The first-order valence-electron chi connectivity index (χ1n) is 8.35. The lowest BCUT2D eigenvalue weighted by Crippen LogP contribution is -2.34. The van der Waals surface area contributed by atoms with Gasteiger partial charge in [0.2, 0.25) is 0 Å². The van der Waals surface area contributed by atoms with Gasteiger partial charge in [-0.2, -0.15) is 5.26 Å². The minimum Gasteiger partial charge on any atom is -0.508 e. The molecule has 3 rings (SSSR count). The monoisotopic (exact) mass is 362 g/mol. The van der Waals surface area contributed by atoms with Gasteiger partial charge in [-0.15, -0.1) is 0 Å². The fourth-order valence-electron chi connectivity index (χ4n) is 2.54. The van der Waals surface area contributed by atoms with E-state index >= 15 is 0 Å². The number of benzene rings is 2. The number of carbonyl (C=O) groups excluding carboxylic acids is 1. The second kappa shape index (κ2) is 8.59. The van der Waals surface area contributed by atoms with Crippen molar-refractivity contribution in [3.63, 3.8) is 0 Å². The third-order valence-corrected chi connectivity index (χ3v) is 3.98. The number of ether oxygens (including phenoxy) is 1. The van der Waals surface area contributed by atoms with E-state index in [1.54, 1.807) is 71.8 Å². The maximum atomic E-state index is 12.7. The minimum absolute atomic E-state index is 0.128. The summed E-state index contributed by atoms with van der Waals surface area (Å²) in [4.78, 5) is 14.3. The number of furan rings is 1. The predicted molar refractivity (Wildman–Crippen MR) is 97.7 cm³/mol. The van der Waals surface area contributed by atoms with Crippen molar-refractivity contribution in [2.24, 2.45) is 0 Å². The molecular weight excluding hydrogens is 344 g/mol. The van der Waals surface area contributed by atoms with Crippen LogP contribution in [0.4, 0.5) is 0 Å². The number of carbonyl (C=O) groups is 1. The standard InChI is InChI=1S/C21H18N2O4/c22-12-16-7-9-18(10-8-16)27-15-21(25)23(14-19-5-3-11-26-19)13-17-4-1-2-6-20(17)24/h1-11,24H,13-15H2. The summed E-state index contributed by atoms with van der Waals surface area (Å²) >= 11 is 0. The van der Waals surface area contributed by atoms with E-state index in [2.05, 4.69) is 0 Å². The van der Waals surface area contributed by atoms with Crippen LogP contribution in [-0.4, -0.2) is 22.5 Å². The third kappa shape index (κ3) is 4.89. The van der Waals surface area contributed by atoms with E-state index in [1.807, 2.05) is 6.07 Å². The van der Waals surface area contributed by atoms with Crippen molar-refractivity contribution in [1.82, 2.24) is 4.90 Å². The number of nitrogens with zero attached hydrogens (tertiary/aromatic N) is 2. The van der Waals surface area contributed by atoms with E-state index in [1.165, 1.54) is 0 Å². The van der Waals surface area contributed by atoms with Gasteiger partial charge in [-0.3, -0.25) is 4.79 Å². The smallest absolute Gasteiger partial charge is 0.261 e. The van der Waals surface area contributed by atoms with Crippen LogP contribution < -0.4 is 4.74 Å². The summed E-state index contributed by atoms with van der Waals surface area (Å²) in [6.45, 7) is 0.319. The molecule has 0 aliphatic heterocycles. The van der Waals surface area contributed by atoms with Crippen LogP contribution in [0.5, 0.6) is 11.5 Å². The molecule has 1 amide bonds. The van der Waals surface area contributed by atoms with E-state index in [4.69, 9.17) is 14.4 Å². The van der Waals surface area contributed by atoms with Gasteiger partial charge in [-0.25, -0.2) is 0 Å². The van der Waals surface area contributed by atoms with Gasteiger partial charge in [0.1, 0.15) is 17.3 Å². The number of para-hydroxylation sites is 1. The fraction of sp³-hybridized carbons (Fsp3) is 0.143. The molecule has 6 nitrogen and oxygen atoms in total. The highest BCUT2D eigenvalue weighted by Gasteiger charge is 2.18. The lowest BCUT2D eigenvalue weighted by molar-refractivity contribution is -0.134. The van der Waals surface area contributed by atoms with Crippen molar-refractivity contribution in [1.29, 1.82) is 5.26 Å². The van der Waals surface area contributed by atoms with Crippen molar-refractivity contribution in [3.8, 4) is 17.6 Å². The molecule has 0 saturated heterocycles. The Balaban J connectivity index is 1.69. The molecule has 0 aliphatic carbocycles. The molecule has 3 aromatic rings. The molecule has 0 radical (unpaired) electrons. The van der Waals surface area contributed by atoms with Crippen molar-refractivity contribution in [2.45, 2.75) is 13.1 Å². The predicted octanol–water partition coefficient (Wildman–Crippen LogP) is 3.46. The third-order valence-electron chi connectivity index (χ3n) is 3.98. The molecule has 2 aromatic carbocycles. The molecule has 0 aliphatic rings. The van der Waals surface area contributed by atoms with E-state index in [9.17, 15) is 9.90 Å². The molecule has 27 heavy (non-hydrogen) atoms. The first-order chi connectivity index (χ1) is 13.2. The molecule has 0 saturated carbocycles. The van der Waals surface area contributed by atoms with Crippen LogP contribution in [-0.2, 0) is 17.9 Å². The Hall–Kier alpha value is -3.72. The molecule has 1 heterocycles. The lowest BCUT2D eigenvalue weighted by Gasteiger charge is -2.22. The summed E-state index contributed by atoms with van der Waals surface area (Å²) in [5.74, 6) is 1.02. The Bertz CT molecular complexity index is 928. The summed E-state index contributed by atoms with van der Waals surface area (Å²) in [6, 6.07) is 19.0. The summed E-state index contributed by atoms with van der Waals surface area (Å²) < 4.78 is 10.9. The zero-order chi connectivity index (χ0) is 19.1. The van der Waals surface area contributed by atoms with E-state index in [0.717, 1.165) is 0 Å². The molecule has 0 bridgehead atoms. The van der Waals surface area contributed by atoms with Crippen LogP contribution in [0.1, 0.15) is 16.9 Å². The van der Waals surface area contributed by atoms with Gasteiger partial charge in [0.15, 0.2) is 6.61 Å². The topological polar surface area (TPSA) is 86.7 Å². The normalized spacial score (nSPS) is 10.2. The Kier molecular flexibility index (Phi) is 5.75. The molecule has 0 atom stereocenters. The second-order valence-electron chi connectivity index (χ2n) is 5.88. The number of phenols is 1. The van der Waals surface area contributed by atoms with Crippen LogP contribution in [0.3, 0.4) is 0 Å². The van der Waals surface area contributed by atoms with Crippen molar-refractivity contribution in [3.05, 3.63) is 83.8 Å². The molecule has 0 spiro atoms. The second-order valence-corrected chi connectivity index (χ2v) is 5.88. The van der Waals surface area contributed by atoms with Crippen LogP contribution >= 0.6 is 0 Å².